The minimum atomic E-state index is 0.324. The highest BCUT2D eigenvalue weighted by molar-refractivity contribution is 7.98. The summed E-state index contributed by atoms with van der Waals surface area (Å²) in [6.45, 7) is 2.60. The van der Waals surface area contributed by atoms with Crippen LogP contribution in [0.25, 0.3) is 0 Å². The summed E-state index contributed by atoms with van der Waals surface area (Å²) in [5.74, 6) is 1.20. The molecule has 0 fully saturated rings. The Bertz CT molecular complexity index is 935. The quantitative estimate of drug-likeness (QED) is 0.430. The fraction of sp³-hybridized carbons (Fsp3) is 0.227. The van der Waals surface area contributed by atoms with Crippen LogP contribution >= 0.6 is 11.8 Å². The summed E-state index contributed by atoms with van der Waals surface area (Å²) in [6, 6.07) is 19.9. The molecule has 1 atom stereocenters. The predicted molar refractivity (Wildman–Crippen MR) is 108 cm³/mol. The molecule has 0 saturated heterocycles. The Hall–Kier alpha value is -2.84. The van der Waals surface area contributed by atoms with E-state index in [1.54, 1.807) is 6.20 Å². The van der Waals surface area contributed by atoms with E-state index in [2.05, 4.69) is 29.0 Å². The van der Waals surface area contributed by atoms with Crippen molar-refractivity contribution in [2.75, 3.05) is 6.26 Å². The molecule has 0 amide bonds. The van der Waals surface area contributed by atoms with Crippen LogP contribution in [0.5, 0.6) is 5.75 Å². The fourth-order valence-corrected chi connectivity index (χ4v) is 3.23. The van der Waals surface area contributed by atoms with Crippen molar-refractivity contribution in [2.24, 2.45) is 0 Å². The van der Waals surface area contributed by atoms with Crippen molar-refractivity contribution in [1.29, 1.82) is 5.26 Å². The number of ether oxygens (including phenoxy) is 1. The summed E-state index contributed by atoms with van der Waals surface area (Å²) in [4.78, 5) is 8.65. The molecule has 0 saturated carbocycles. The van der Waals surface area contributed by atoms with Gasteiger partial charge in [0.2, 0.25) is 0 Å². The van der Waals surface area contributed by atoms with Crippen molar-refractivity contribution < 1.29 is 4.74 Å². The largest absolute Gasteiger partial charge is 0.487 e. The number of hydrogen-bond donors (Lipinski definition) is 0. The predicted octanol–water partition coefficient (Wildman–Crippen LogP) is 5.00. The number of para-hydroxylation sites is 1. The molecule has 3 aromatic rings. The molecule has 0 aliphatic rings. The number of nitrogens with zero attached hydrogens (tertiary/aromatic N) is 3. The van der Waals surface area contributed by atoms with Gasteiger partial charge in [0.05, 0.1) is 17.3 Å². The molecule has 0 N–H and O–H groups in total. The molecule has 3 rings (SSSR count). The maximum Gasteiger partial charge on any atom is 0.187 e. The van der Waals surface area contributed by atoms with E-state index in [1.165, 1.54) is 17.3 Å². The molecule has 1 aromatic heterocycles. The van der Waals surface area contributed by atoms with Crippen LogP contribution in [0.4, 0.5) is 0 Å². The van der Waals surface area contributed by atoms with Crippen LogP contribution in [0.3, 0.4) is 0 Å². The molecular formula is C22H21N3OS. The minimum Gasteiger partial charge on any atom is -0.487 e. The number of thioether (sulfide) groups is 1. The molecule has 2 aromatic carbocycles. The highest BCUT2D eigenvalue weighted by Crippen LogP contribution is 2.27. The van der Waals surface area contributed by atoms with Gasteiger partial charge >= 0.3 is 0 Å². The normalized spacial score (nSPS) is 11.6. The Labute approximate surface area is 164 Å². The average molecular weight is 375 g/mol. The average Bonchev–Trinajstić information content (AvgIpc) is 2.73. The van der Waals surface area contributed by atoms with Gasteiger partial charge in [-0.3, -0.25) is 0 Å². The van der Waals surface area contributed by atoms with Gasteiger partial charge in [0, 0.05) is 6.20 Å². The third kappa shape index (κ3) is 5.08. The van der Waals surface area contributed by atoms with Gasteiger partial charge in [0.15, 0.2) is 5.16 Å². The zero-order valence-electron chi connectivity index (χ0n) is 15.4. The first-order valence-electron chi connectivity index (χ1n) is 8.76. The summed E-state index contributed by atoms with van der Waals surface area (Å²) in [5.41, 5.74) is 3.92. The summed E-state index contributed by atoms with van der Waals surface area (Å²) >= 11 is 1.52. The van der Waals surface area contributed by atoms with Gasteiger partial charge in [0.25, 0.3) is 0 Å². The second-order valence-corrected chi connectivity index (χ2v) is 7.04. The van der Waals surface area contributed by atoms with Gasteiger partial charge in [-0.1, -0.05) is 49.0 Å². The van der Waals surface area contributed by atoms with Crippen molar-refractivity contribution in [3.8, 4) is 11.8 Å². The van der Waals surface area contributed by atoms with Crippen LogP contribution in [0, 0.1) is 11.3 Å². The summed E-state index contributed by atoms with van der Waals surface area (Å²) < 4.78 is 6.05. The Morgan fingerprint density at radius 1 is 1.11 bits per heavy atom. The molecule has 0 aliphatic heterocycles. The van der Waals surface area contributed by atoms with Crippen LogP contribution in [0.2, 0.25) is 0 Å². The maximum atomic E-state index is 8.95. The Morgan fingerprint density at radius 3 is 2.63 bits per heavy atom. The van der Waals surface area contributed by atoms with Gasteiger partial charge in [0.1, 0.15) is 12.4 Å². The molecule has 5 heteroatoms. The van der Waals surface area contributed by atoms with Crippen molar-refractivity contribution in [1.82, 2.24) is 9.97 Å². The second-order valence-electron chi connectivity index (χ2n) is 6.27. The first kappa shape index (κ1) is 18.9. The number of hydrogen-bond acceptors (Lipinski definition) is 5. The van der Waals surface area contributed by atoms with Gasteiger partial charge in [-0.05, 0) is 54.0 Å². The SMILES string of the molecule is CSc1nccc(COc2ccccc2CC(C)c2ccc(C#N)cc2)n1. The zero-order valence-corrected chi connectivity index (χ0v) is 16.2. The van der Waals surface area contributed by atoms with Crippen molar-refractivity contribution in [3.63, 3.8) is 0 Å². The number of nitriles is 1. The standard InChI is InChI=1S/C22H21N3OS/c1-16(18-9-7-17(14-23)8-10-18)13-19-5-3-4-6-21(19)26-15-20-11-12-24-22(25-20)27-2/h3-12,16H,13,15H2,1-2H3. The van der Waals surface area contributed by atoms with Gasteiger partial charge in [-0.25, -0.2) is 9.97 Å². The molecule has 0 aliphatic carbocycles. The molecule has 27 heavy (non-hydrogen) atoms. The summed E-state index contributed by atoms with van der Waals surface area (Å²) in [6.07, 6.45) is 4.58. The molecule has 0 bridgehead atoms. The first-order chi connectivity index (χ1) is 13.2. The highest BCUT2D eigenvalue weighted by Gasteiger charge is 2.11. The van der Waals surface area contributed by atoms with E-state index < -0.39 is 0 Å². The van der Waals surface area contributed by atoms with Crippen molar-refractivity contribution >= 4 is 11.8 Å². The topological polar surface area (TPSA) is 58.8 Å². The van der Waals surface area contributed by atoms with E-state index in [0.29, 0.717) is 18.1 Å². The molecular weight excluding hydrogens is 354 g/mol. The number of benzene rings is 2. The highest BCUT2D eigenvalue weighted by atomic mass is 32.2. The Kier molecular flexibility index (Phi) is 6.45. The van der Waals surface area contributed by atoms with E-state index in [9.17, 15) is 0 Å². The van der Waals surface area contributed by atoms with Crippen LogP contribution < -0.4 is 4.74 Å². The molecule has 1 heterocycles. The minimum absolute atomic E-state index is 0.324. The number of rotatable bonds is 7. The first-order valence-corrected chi connectivity index (χ1v) is 9.98. The Balaban J connectivity index is 1.70. The van der Waals surface area contributed by atoms with E-state index >= 15 is 0 Å². The lowest BCUT2D eigenvalue weighted by molar-refractivity contribution is 0.296. The molecule has 1 unspecified atom stereocenters. The van der Waals surface area contributed by atoms with E-state index in [4.69, 9.17) is 10.00 Å². The van der Waals surface area contributed by atoms with E-state index in [0.717, 1.165) is 28.6 Å². The maximum absolute atomic E-state index is 8.95. The third-order valence-electron chi connectivity index (χ3n) is 4.36. The lowest BCUT2D eigenvalue weighted by atomic mass is 9.93. The van der Waals surface area contributed by atoms with Crippen molar-refractivity contribution in [2.45, 2.75) is 31.0 Å². The lowest BCUT2D eigenvalue weighted by Crippen LogP contribution is -2.04. The second kappa shape index (κ2) is 9.20. The van der Waals surface area contributed by atoms with Crippen molar-refractivity contribution in [3.05, 3.63) is 83.2 Å². The fourth-order valence-electron chi connectivity index (χ4n) is 2.85. The van der Waals surface area contributed by atoms with Gasteiger partial charge in [-0.2, -0.15) is 5.26 Å². The number of aromatic nitrogens is 2. The van der Waals surface area contributed by atoms with Crippen LogP contribution in [0.15, 0.2) is 66.0 Å². The lowest BCUT2D eigenvalue weighted by Gasteiger charge is -2.16. The van der Waals surface area contributed by atoms with E-state index in [-0.39, 0.29) is 0 Å². The Morgan fingerprint density at radius 2 is 1.89 bits per heavy atom. The van der Waals surface area contributed by atoms with Crippen LogP contribution in [0.1, 0.15) is 35.2 Å². The third-order valence-corrected chi connectivity index (χ3v) is 4.92. The summed E-state index contributed by atoms with van der Waals surface area (Å²) in [7, 11) is 0. The zero-order chi connectivity index (χ0) is 19.1. The van der Waals surface area contributed by atoms with Gasteiger partial charge < -0.3 is 4.74 Å². The molecule has 4 nitrogen and oxygen atoms in total. The smallest absolute Gasteiger partial charge is 0.187 e. The summed E-state index contributed by atoms with van der Waals surface area (Å²) in [5, 5.41) is 9.70. The van der Waals surface area contributed by atoms with Gasteiger partial charge in [-0.15, -0.1) is 0 Å². The van der Waals surface area contributed by atoms with Crippen LogP contribution in [-0.2, 0) is 13.0 Å². The molecule has 0 spiro atoms. The van der Waals surface area contributed by atoms with Crippen LogP contribution in [-0.4, -0.2) is 16.2 Å². The monoisotopic (exact) mass is 375 g/mol. The molecule has 0 radical (unpaired) electrons. The molecule has 136 valence electrons. The van der Waals surface area contributed by atoms with E-state index in [1.807, 2.05) is 54.8 Å².